The van der Waals surface area contributed by atoms with Crippen LogP contribution in [0.3, 0.4) is 0 Å². The van der Waals surface area contributed by atoms with Crippen LogP contribution in [0.4, 0.5) is 0 Å². The normalized spacial score (nSPS) is 17.6. The second-order valence-electron chi connectivity index (χ2n) is 7.14. The lowest BCUT2D eigenvalue weighted by Crippen LogP contribution is -2.26. The Bertz CT molecular complexity index is 1070. The lowest BCUT2D eigenvalue weighted by atomic mass is 9.74. The van der Waals surface area contributed by atoms with Crippen LogP contribution < -0.4 is 18.9 Å². The summed E-state index contributed by atoms with van der Waals surface area (Å²) in [6, 6.07) is 22.0. The van der Waals surface area contributed by atoms with Gasteiger partial charge in [0.1, 0.15) is 28.8 Å². The molecule has 0 aromatic heterocycles. The molecule has 0 fully saturated rings. The smallest absolute Gasteiger partial charge is 0.135 e. The van der Waals surface area contributed by atoms with Gasteiger partial charge in [0.05, 0.1) is 21.3 Å². The fraction of sp³-hybridized carbons (Fsp3) is 0.200. The SMILES string of the molecule is COc1cccc(C2=CC(C)(c3cccc(OC)c3)c3ccc(OC)cc3O2)c1. The molecule has 0 bridgehead atoms. The summed E-state index contributed by atoms with van der Waals surface area (Å²) in [7, 11) is 5.00. The lowest BCUT2D eigenvalue weighted by Gasteiger charge is -2.35. The van der Waals surface area contributed by atoms with Gasteiger partial charge in [-0.05, 0) is 48.9 Å². The van der Waals surface area contributed by atoms with Gasteiger partial charge in [-0.1, -0.05) is 30.3 Å². The van der Waals surface area contributed by atoms with Crippen molar-refractivity contribution in [1.29, 1.82) is 0 Å². The fourth-order valence-corrected chi connectivity index (χ4v) is 3.73. The molecule has 148 valence electrons. The molecule has 4 nitrogen and oxygen atoms in total. The Morgan fingerprint density at radius 3 is 2.10 bits per heavy atom. The summed E-state index contributed by atoms with van der Waals surface area (Å²) in [5.41, 5.74) is 2.73. The van der Waals surface area contributed by atoms with Crippen molar-refractivity contribution in [3.05, 3.63) is 89.5 Å². The van der Waals surface area contributed by atoms with Crippen LogP contribution in [0.1, 0.15) is 23.6 Å². The average molecular weight is 388 g/mol. The summed E-state index contributed by atoms with van der Waals surface area (Å²) >= 11 is 0. The summed E-state index contributed by atoms with van der Waals surface area (Å²) in [4.78, 5) is 0. The van der Waals surface area contributed by atoms with E-state index in [1.54, 1.807) is 21.3 Å². The summed E-state index contributed by atoms with van der Waals surface area (Å²) in [5, 5.41) is 0. The molecule has 3 aromatic carbocycles. The van der Waals surface area contributed by atoms with Crippen molar-refractivity contribution in [2.45, 2.75) is 12.3 Å². The number of rotatable bonds is 5. The van der Waals surface area contributed by atoms with Gasteiger partial charge in [0.15, 0.2) is 0 Å². The zero-order chi connectivity index (χ0) is 20.4. The fourth-order valence-electron chi connectivity index (χ4n) is 3.73. The van der Waals surface area contributed by atoms with Crippen molar-refractivity contribution in [3.8, 4) is 23.0 Å². The van der Waals surface area contributed by atoms with E-state index in [1.165, 1.54) is 0 Å². The summed E-state index contributed by atoms with van der Waals surface area (Å²) in [5.74, 6) is 3.90. The first kappa shape index (κ1) is 18.9. The number of benzene rings is 3. The first-order chi connectivity index (χ1) is 14.1. The predicted molar refractivity (Wildman–Crippen MR) is 114 cm³/mol. The van der Waals surface area contributed by atoms with E-state index in [1.807, 2.05) is 48.5 Å². The maximum absolute atomic E-state index is 6.33. The van der Waals surface area contributed by atoms with Crippen LogP contribution in [-0.2, 0) is 5.41 Å². The molecule has 29 heavy (non-hydrogen) atoms. The van der Waals surface area contributed by atoms with Crippen molar-refractivity contribution in [3.63, 3.8) is 0 Å². The molecule has 0 saturated carbocycles. The van der Waals surface area contributed by atoms with Gasteiger partial charge >= 0.3 is 0 Å². The van der Waals surface area contributed by atoms with E-state index in [4.69, 9.17) is 18.9 Å². The monoisotopic (exact) mass is 388 g/mol. The van der Waals surface area contributed by atoms with Gasteiger partial charge in [0.2, 0.25) is 0 Å². The van der Waals surface area contributed by atoms with Crippen molar-refractivity contribution in [2.24, 2.45) is 0 Å². The minimum Gasteiger partial charge on any atom is -0.497 e. The molecular weight excluding hydrogens is 364 g/mol. The number of ether oxygens (including phenoxy) is 4. The highest BCUT2D eigenvalue weighted by atomic mass is 16.5. The number of hydrogen-bond donors (Lipinski definition) is 0. The molecule has 1 unspecified atom stereocenters. The third-order valence-corrected chi connectivity index (χ3v) is 5.41. The molecule has 1 atom stereocenters. The van der Waals surface area contributed by atoms with Gasteiger partial charge < -0.3 is 18.9 Å². The number of hydrogen-bond acceptors (Lipinski definition) is 4. The van der Waals surface area contributed by atoms with Crippen molar-refractivity contribution < 1.29 is 18.9 Å². The number of allylic oxidation sites excluding steroid dienone is 1. The van der Waals surface area contributed by atoms with E-state index < -0.39 is 5.41 Å². The van der Waals surface area contributed by atoms with Crippen LogP contribution in [0.25, 0.3) is 5.76 Å². The van der Waals surface area contributed by atoms with E-state index in [0.717, 1.165) is 45.4 Å². The molecule has 0 saturated heterocycles. The van der Waals surface area contributed by atoms with Crippen LogP contribution in [0.15, 0.2) is 72.8 Å². The van der Waals surface area contributed by atoms with Crippen molar-refractivity contribution in [1.82, 2.24) is 0 Å². The van der Waals surface area contributed by atoms with Gasteiger partial charge in [0, 0.05) is 22.6 Å². The molecule has 0 amide bonds. The third kappa shape index (κ3) is 3.42. The lowest BCUT2D eigenvalue weighted by molar-refractivity contribution is 0.405. The Kier molecular flexibility index (Phi) is 4.93. The van der Waals surface area contributed by atoms with Gasteiger partial charge in [-0.25, -0.2) is 0 Å². The zero-order valence-electron chi connectivity index (χ0n) is 17.1. The molecule has 0 spiro atoms. The van der Waals surface area contributed by atoms with E-state index in [-0.39, 0.29) is 0 Å². The first-order valence-corrected chi connectivity index (χ1v) is 9.45. The van der Waals surface area contributed by atoms with Crippen molar-refractivity contribution >= 4 is 5.76 Å². The Hall–Kier alpha value is -3.40. The molecule has 0 radical (unpaired) electrons. The van der Waals surface area contributed by atoms with Gasteiger partial charge in [-0.2, -0.15) is 0 Å². The van der Waals surface area contributed by atoms with Gasteiger partial charge in [-0.15, -0.1) is 0 Å². The summed E-state index contributed by atoms with van der Waals surface area (Å²) < 4.78 is 22.6. The van der Waals surface area contributed by atoms with E-state index in [9.17, 15) is 0 Å². The molecule has 1 aliphatic rings. The third-order valence-electron chi connectivity index (χ3n) is 5.41. The highest BCUT2D eigenvalue weighted by Crippen LogP contribution is 2.47. The van der Waals surface area contributed by atoms with Crippen molar-refractivity contribution in [2.75, 3.05) is 21.3 Å². The molecule has 1 heterocycles. The van der Waals surface area contributed by atoms with E-state index in [2.05, 4.69) is 31.2 Å². The molecule has 4 heteroatoms. The Labute approximate surface area is 171 Å². The second-order valence-corrected chi connectivity index (χ2v) is 7.14. The van der Waals surface area contributed by atoms with Crippen LogP contribution in [-0.4, -0.2) is 21.3 Å². The molecule has 0 N–H and O–H groups in total. The highest BCUT2D eigenvalue weighted by Gasteiger charge is 2.35. The van der Waals surface area contributed by atoms with E-state index in [0.29, 0.717) is 0 Å². The van der Waals surface area contributed by atoms with Gasteiger partial charge in [-0.3, -0.25) is 0 Å². The highest BCUT2D eigenvalue weighted by molar-refractivity contribution is 5.71. The zero-order valence-corrected chi connectivity index (χ0v) is 17.1. The standard InChI is InChI=1S/C25H24O4/c1-25(18-8-6-10-20(14-18)27-3)16-24(17-7-5-9-19(13-17)26-2)29-23-15-21(28-4)11-12-22(23)25/h5-16H,1-4H3. The maximum Gasteiger partial charge on any atom is 0.135 e. The van der Waals surface area contributed by atoms with Crippen LogP contribution >= 0.6 is 0 Å². The van der Waals surface area contributed by atoms with Gasteiger partial charge in [0.25, 0.3) is 0 Å². The maximum atomic E-state index is 6.33. The number of methoxy groups -OCH3 is 3. The minimum atomic E-state index is -0.410. The van der Waals surface area contributed by atoms with Crippen LogP contribution in [0.2, 0.25) is 0 Å². The summed E-state index contributed by atoms with van der Waals surface area (Å²) in [6.07, 6.45) is 2.16. The molecule has 3 aromatic rings. The topological polar surface area (TPSA) is 36.9 Å². The Morgan fingerprint density at radius 1 is 0.724 bits per heavy atom. The predicted octanol–water partition coefficient (Wildman–Crippen LogP) is 5.45. The second kappa shape index (κ2) is 7.55. The largest absolute Gasteiger partial charge is 0.497 e. The quantitative estimate of drug-likeness (QED) is 0.582. The molecule has 1 aliphatic heterocycles. The molecular formula is C25H24O4. The van der Waals surface area contributed by atoms with Crippen LogP contribution in [0.5, 0.6) is 23.0 Å². The first-order valence-electron chi connectivity index (χ1n) is 9.45. The van der Waals surface area contributed by atoms with E-state index >= 15 is 0 Å². The molecule has 0 aliphatic carbocycles. The Morgan fingerprint density at radius 2 is 1.38 bits per heavy atom. The molecule has 4 rings (SSSR count). The average Bonchev–Trinajstić information content (AvgIpc) is 2.78. The number of fused-ring (bicyclic) bond motifs is 1. The minimum absolute atomic E-state index is 0.410. The Balaban J connectivity index is 1.92. The summed E-state index contributed by atoms with van der Waals surface area (Å²) in [6.45, 7) is 2.19. The van der Waals surface area contributed by atoms with Crippen LogP contribution in [0, 0.1) is 0 Å².